The first-order chi connectivity index (χ1) is 14.6. The van der Waals surface area contributed by atoms with Crippen LogP contribution in [0, 0.1) is 20.8 Å². The van der Waals surface area contributed by atoms with Gasteiger partial charge in [0, 0.05) is 17.1 Å². The summed E-state index contributed by atoms with van der Waals surface area (Å²) in [7, 11) is 0. The van der Waals surface area contributed by atoms with Gasteiger partial charge in [-0.05, 0) is 67.8 Å². The first-order valence-electron chi connectivity index (χ1n) is 10.2. The molecule has 150 valence electrons. The molecule has 0 saturated carbocycles. The molecule has 3 nitrogen and oxygen atoms in total. The highest BCUT2D eigenvalue weighted by Gasteiger charge is 2.12. The van der Waals surface area contributed by atoms with Crippen molar-refractivity contribution in [3.8, 4) is 0 Å². The van der Waals surface area contributed by atoms with Gasteiger partial charge in [-0.1, -0.05) is 60.7 Å². The van der Waals surface area contributed by atoms with Crippen molar-refractivity contribution in [3.63, 3.8) is 0 Å². The van der Waals surface area contributed by atoms with Gasteiger partial charge in [-0.3, -0.25) is 0 Å². The van der Waals surface area contributed by atoms with Crippen LogP contribution in [-0.2, 0) is 0 Å². The van der Waals surface area contributed by atoms with Crippen LogP contribution in [0.2, 0.25) is 0 Å². The summed E-state index contributed by atoms with van der Waals surface area (Å²) in [6, 6.07) is 31.3. The molecule has 4 rings (SSSR count). The molecule has 0 unspecified atom stereocenters. The third-order valence-corrected chi connectivity index (χ3v) is 5.30. The molecule has 0 fully saturated rings. The molecule has 0 atom stereocenters. The number of hydrogen-bond acceptors (Lipinski definition) is 3. The Morgan fingerprint density at radius 3 is 1.10 bits per heavy atom. The van der Waals surface area contributed by atoms with Crippen molar-refractivity contribution in [1.82, 2.24) is 0 Å². The summed E-state index contributed by atoms with van der Waals surface area (Å²) in [5.41, 5.74) is 9.94. The van der Waals surface area contributed by atoms with Crippen molar-refractivity contribution in [3.05, 3.63) is 108 Å². The second-order valence-corrected chi connectivity index (χ2v) is 7.55. The Kier molecular flexibility index (Phi) is 5.71. The lowest BCUT2D eigenvalue weighted by Gasteiger charge is -2.21. The first kappa shape index (κ1) is 19.6. The molecule has 0 bridgehead atoms. The Labute approximate surface area is 178 Å². The lowest BCUT2D eigenvalue weighted by molar-refractivity contribution is 1.39. The number of anilines is 6. The van der Waals surface area contributed by atoms with Crippen LogP contribution in [0.1, 0.15) is 16.7 Å². The lowest BCUT2D eigenvalue weighted by Crippen LogP contribution is -2.04. The van der Waals surface area contributed by atoms with Gasteiger partial charge in [-0.25, -0.2) is 0 Å². The maximum atomic E-state index is 3.66. The zero-order valence-electron chi connectivity index (χ0n) is 17.7. The van der Waals surface area contributed by atoms with Gasteiger partial charge in [0.2, 0.25) is 0 Å². The van der Waals surface area contributed by atoms with Crippen molar-refractivity contribution < 1.29 is 0 Å². The molecule has 0 aliphatic heterocycles. The molecular weight excluding hydrogens is 366 g/mol. The standard InChI is InChI=1S/C27H27N3/c1-19-11-4-7-14-22(19)28-25-17-10-18-26(29-23-15-8-5-12-20(23)2)27(25)30-24-16-9-6-13-21(24)3/h4-18,28-30H,1-3H3. The van der Waals surface area contributed by atoms with E-state index in [0.717, 1.165) is 34.1 Å². The van der Waals surface area contributed by atoms with E-state index in [1.165, 1.54) is 16.7 Å². The molecule has 0 amide bonds. The van der Waals surface area contributed by atoms with Gasteiger partial charge in [-0.2, -0.15) is 0 Å². The largest absolute Gasteiger partial charge is 0.354 e. The fourth-order valence-corrected chi connectivity index (χ4v) is 3.46. The third-order valence-electron chi connectivity index (χ3n) is 5.30. The van der Waals surface area contributed by atoms with Crippen molar-refractivity contribution in [2.45, 2.75) is 20.8 Å². The Balaban J connectivity index is 1.78. The van der Waals surface area contributed by atoms with E-state index in [1.54, 1.807) is 0 Å². The van der Waals surface area contributed by atoms with Crippen LogP contribution in [0.25, 0.3) is 0 Å². The maximum Gasteiger partial charge on any atom is 0.0862 e. The van der Waals surface area contributed by atoms with E-state index < -0.39 is 0 Å². The van der Waals surface area contributed by atoms with Crippen LogP contribution >= 0.6 is 0 Å². The van der Waals surface area contributed by atoms with Crippen molar-refractivity contribution in [2.24, 2.45) is 0 Å². The van der Waals surface area contributed by atoms with E-state index in [0.29, 0.717) is 0 Å². The minimum Gasteiger partial charge on any atom is -0.354 e. The minimum atomic E-state index is 1.01. The second kappa shape index (κ2) is 8.75. The summed E-state index contributed by atoms with van der Waals surface area (Å²) < 4.78 is 0. The van der Waals surface area contributed by atoms with E-state index in [-0.39, 0.29) is 0 Å². The lowest BCUT2D eigenvalue weighted by atomic mass is 10.1. The normalized spacial score (nSPS) is 10.5. The minimum absolute atomic E-state index is 1.01. The smallest absolute Gasteiger partial charge is 0.0862 e. The fraction of sp³-hybridized carbons (Fsp3) is 0.111. The van der Waals surface area contributed by atoms with Gasteiger partial charge in [0.1, 0.15) is 0 Å². The van der Waals surface area contributed by atoms with Crippen molar-refractivity contribution >= 4 is 34.1 Å². The molecule has 0 spiro atoms. The van der Waals surface area contributed by atoms with Gasteiger partial charge in [0.25, 0.3) is 0 Å². The predicted molar refractivity (Wildman–Crippen MR) is 130 cm³/mol. The van der Waals surface area contributed by atoms with Gasteiger partial charge >= 0.3 is 0 Å². The molecule has 0 aliphatic rings. The fourth-order valence-electron chi connectivity index (χ4n) is 3.46. The molecule has 0 radical (unpaired) electrons. The quantitative estimate of drug-likeness (QED) is 0.312. The van der Waals surface area contributed by atoms with Crippen LogP contribution in [0.4, 0.5) is 34.1 Å². The second-order valence-electron chi connectivity index (χ2n) is 7.55. The average Bonchev–Trinajstić information content (AvgIpc) is 2.75. The van der Waals surface area contributed by atoms with Gasteiger partial charge in [0.05, 0.1) is 17.1 Å². The first-order valence-corrected chi connectivity index (χ1v) is 10.2. The summed E-state index contributed by atoms with van der Waals surface area (Å²) in [6.07, 6.45) is 0. The molecular formula is C27H27N3. The molecule has 0 aromatic heterocycles. The maximum absolute atomic E-state index is 3.66. The topological polar surface area (TPSA) is 36.1 Å². The summed E-state index contributed by atoms with van der Waals surface area (Å²) in [5, 5.41) is 10.9. The number of aryl methyl sites for hydroxylation is 3. The SMILES string of the molecule is Cc1ccccc1Nc1cccc(Nc2ccccc2C)c1Nc1ccccc1C. The number of para-hydroxylation sites is 4. The Morgan fingerprint density at radius 1 is 0.367 bits per heavy atom. The molecule has 0 saturated heterocycles. The monoisotopic (exact) mass is 393 g/mol. The highest BCUT2D eigenvalue weighted by atomic mass is 15.0. The summed E-state index contributed by atoms with van der Waals surface area (Å²) in [4.78, 5) is 0. The highest BCUT2D eigenvalue weighted by Crippen LogP contribution is 2.38. The highest BCUT2D eigenvalue weighted by molar-refractivity contribution is 5.91. The zero-order valence-corrected chi connectivity index (χ0v) is 17.7. The van der Waals surface area contributed by atoms with E-state index >= 15 is 0 Å². The van der Waals surface area contributed by atoms with Crippen molar-refractivity contribution in [1.29, 1.82) is 0 Å². The van der Waals surface area contributed by atoms with Crippen molar-refractivity contribution in [2.75, 3.05) is 16.0 Å². The summed E-state index contributed by atoms with van der Waals surface area (Å²) in [5.74, 6) is 0. The van der Waals surface area contributed by atoms with Crippen LogP contribution in [0.5, 0.6) is 0 Å². The number of hydrogen-bond donors (Lipinski definition) is 3. The van der Waals surface area contributed by atoms with E-state index in [1.807, 2.05) is 0 Å². The summed E-state index contributed by atoms with van der Waals surface area (Å²) in [6.45, 7) is 6.35. The third kappa shape index (κ3) is 4.31. The van der Waals surface area contributed by atoms with E-state index in [9.17, 15) is 0 Å². The van der Waals surface area contributed by atoms with Crippen LogP contribution < -0.4 is 16.0 Å². The van der Waals surface area contributed by atoms with Gasteiger partial charge < -0.3 is 16.0 Å². The molecule has 3 N–H and O–H groups in total. The Morgan fingerprint density at radius 2 is 0.700 bits per heavy atom. The molecule has 4 aromatic carbocycles. The van der Waals surface area contributed by atoms with Crippen LogP contribution in [0.3, 0.4) is 0 Å². The van der Waals surface area contributed by atoms with E-state index in [2.05, 4.69) is 128 Å². The average molecular weight is 394 g/mol. The molecule has 0 heterocycles. The number of rotatable bonds is 6. The number of benzene rings is 4. The summed E-state index contributed by atoms with van der Waals surface area (Å²) >= 11 is 0. The van der Waals surface area contributed by atoms with Gasteiger partial charge in [0.15, 0.2) is 0 Å². The number of nitrogens with one attached hydrogen (secondary N) is 3. The molecule has 3 heteroatoms. The van der Waals surface area contributed by atoms with Gasteiger partial charge in [-0.15, -0.1) is 0 Å². The Bertz CT molecular complexity index is 1100. The van der Waals surface area contributed by atoms with E-state index in [4.69, 9.17) is 0 Å². The molecule has 30 heavy (non-hydrogen) atoms. The van der Waals surface area contributed by atoms with Crippen LogP contribution in [0.15, 0.2) is 91.0 Å². The van der Waals surface area contributed by atoms with Crippen LogP contribution in [-0.4, -0.2) is 0 Å². The predicted octanol–water partition coefficient (Wildman–Crippen LogP) is 7.84. The zero-order chi connectivity index (χ0) is 20.9. The Hall–Kier alpha value is -3.72. The molecule has 4 aromatic rings. The molecule has 0 aliphatic carbocycles.